The molecule has 4 nitrogen and oxygen atoms in total. The molecule has 0 saturated heterocycles. The van der Waals surface area contributed by atoms with Crippen molar-refractivity contribution < 1.29 is 0 Å². The van der Waals surface area contributed by atoms with E-state index in [-0.39, 0.29) is 18.1 Å². The van der Waals surface area contributed by atoms with Crippen LogP contribution in [0, 0.1) is 24.0 Å². The summed E-state index contributed by atoms with van der Waals surface area (Å²) in [5.74, 6) is 2.13. The zero-order valence-corrected chi connectivity index (χ0v) is 37.1. The van der Waals surface area contributed by atoms with Gasteiger partial charge in [0.25, 0.3) is 0 Å². The van der Waals surface area contributed by atoms with Gasteiger partial charge in [0.05, 0.1) is 11.4 Å². The van der Waals surface area contributed by atoms with E-state index in [1.54, 1.807) is 5.57 Å². The average molecular weight is 851 g/mol. The van der Waals surface area contributed by atoms with Gasteiger partial charge in [0, 0.05) is 45.6 Å². The van der Waals surface area contributed by atoms with E-state index in [9.17, 15) is 0 Å². The Kier molecular flexibility index (Phi) is 8.69. The number of hydrogen-bond donors (Lipinski definition) is 1. The van der Waals surface area contributed by atoms with Crippen molar-refractivity contribution in [1.82, 2.24) is 10.2 Å². The standard InChI is InChI=1S/C62H50N4/c1-2-15-39-30-32-46(36-41(39)17-3-1)60-50-22-7-6-21-49(50)59(45-31-29-40-16-4-5-18-42(40)35-45)51-34-33-44(37-53(51)60)43-19-14-24-48-47-20-9-12-27-56(47)65(58(48)38-43)62-64-54-25-10-8-23-52(54)61-63-55-26-11-13-28-57(55)66(61)62/h1,3-5,7-10,12-13,15-18,20,22-23,25,27-36,43,48,53,58,61,63H,2,11,14,19,24,26,37-38H2. The van der Waals surface area contributed by atoms with Gasteiger partial charge in [-0.2, -0.15) is 0 Å². The molecule has 1 fully saturated rings. The molecular formula is C62H50N4. The first-order chi connectivity index (χ1) is 32.7. The van der Waals surface area contributed by atoms with Crippen LogP contribution in [0.1, 0.15) is 85.7 Å². The van der Waals surface area contributed by atoms with Crippen LogP contribution in [0.15, 0.2) is 185 Å². The molecule has 0 radical (unpaired) electrons. The Hall–Kier alpha value is -7.35. The first-order valence-electron chi connectivity index (χ1n) is 24.3. The minimum atomic E-state index is 0.0318. The van der Waals surface area contributed by atoms with Gasteiger partial charge in [0.15, 0.2) is 0 Å². The molecular weight excluding hydrogens is 801 g/mol. The van der Waals surface area contributed by atoms with Crippen LogP contribution in [0.3, 0.4) is 0 Å². The number of allylic oxidation sites excluding steroid dienone is 9. The maximum absolute atomic E-state index is 5.65. The van der Waals surface area contributed by atoms with Gasteiger partial charge in [-0.15, -0.1) is 0 Å². The molecule has 1 N–H and O–H groups in total. The third-order valence-corrected chi connectivity index (χ3v) is 16.0. The Labute approximate surface area is 386 Å². The lowest BCUT2D eigenvalue weighted by atomic mass is 9.69. The van der Waals surface area contributed by atoms with Gasteiger partial charge in [0.1, 0.15) is 6.17 Å². The van der Waals surface area contributed by atoms with Crippen LogP contribution in [0.5, 0.6) is 0 Å². The lowest BCUT2D eigenvalue weighted by Gasteiger charge is -2.41. The third kappa shape index (κ3) is 5.89. The van der Waals surface area contributed by atoms with Crippen LogP contribution in [0.2, 0.25) is 0 Å². The highest BCUT2D eigenvalue weighted by Gasteiger charge is 2.49. The zero-order chi connectivity index (χ0) is 43.3. The van der Waals surface area contributed by atoms with E-state index in [0.717, 1.165) is 49.0 Å². The fraction of sp³-hybridized carbons (Fsp3) is 0.210. The van der Waals surface area contributed by atoms with Crippen molar-refractivity contribution in [2.24, 2.45) is 16.8 Å². The van der Waals surface area contributed by atoms with E-state index >= 15 is 0 Å². The van der Waals surface area contributed by atoms with Crippen LogP contribution in [0.4, 0.5) is 11.4 Å². The topological polar surface area (TPSA) is 30.9 Å². The molecule has 0 aromatic heterocycles. The first-order valence-corrected chi connectivity index (χ1v) is 24.3. The van der Waals surface area contributed by atoms with E-state index in [0.29, 0.717) is 11.8 Å². The van der Waals surface area contributed by atoms with Crippen molar-refractivity contribution >= 4 is 51.4 Å². The van der Waals surface area contributed by atoms with Crippen LogP contribution >= 0.6 is 0 Å². The quantitative estimate of drug-likeness (QED) is 0.192. The molecule has 3 heterocycles. The van der Waals surface area contributed by atoms with Gasteiger partial charge in [-0.25, -0.2) is 4.99 Å². The van der Waals surface area contributed by atoms with Crippen molar-refractivity contribution in [2.45, 2.75) is 69.5 Å². The molecule has 3 aliphatic heterocycles. The summed E-state index contributed by atoms with van der Waals surface area (Å²) in [4.78, 5) is 10.9. The molecule has 14 rings (SSSR count). The van der Waals surface area contributed by atoms with Crippen molar-refractivity contribution in [3.05, 3.63) is 236 Å². The highest BCUT2D eigenvalue weighted by molar-refractivity contribution is 6.03. The molecule has 8 aliphatic rings. The van der Waals surface area contributed by atoms with Crippen LogP contribution < -0.4 is 31.1 Å². The summed E-state index contributed by atoms with van der Waals surface area (Å²) >= 11 is 0. The van der Waals surface area contributed by atoms with Gasteiger partial charge < -0.3 is 10.2 Å². The van der Waals surface area contributed by atoms with Gasteiger partial charge in [-0.1, -0.05) is 152 Å². The number of para-hydroxylation sites is 2. The number of fused-ring (bicyclic) bond motifs is 11. The molecule has 0 bridgehead atoms. The molecule has 5 aliphatic carbocycles. The Morgan fingerprint density at radius 1 is 0.742 bits per heavy atom. The average Bonchev–Trinajstić information content (AvgIpc) is 3.68. The van der Waals surface area contributed by atoms with E-state index in [2.05, 4.69) is 197 Å². The smallest absolute Gasteiger partial charge is 0.213 e. The molecule has 5 unspecified atom stereocenters. The van der Waals surface area contributed by atoms with Crippen LogP contribution in [0.25, 0.3) is 34.1 Å². The molecule has 4 heteroatoms. The molecule has 0 amide bonds. The summed E-state index contributed by atoms with van der Waals surface area (Å²) in [6.07, 6.45) is 27.6. The summed E-state index contributed by atoms with van der Waals surface area (Å²) in [7, 11) is 0. The number of anilines is 1. The summed E-state index contributed by atoms with van der Waals surface area (Å²) in [5.41, 5.74) is 16.0. The molecule has 6 aromatic carbocycles. The van der Waals surface area contributed by atoms with Crippen molar-refractivity contribution in [1.29, 1.82) is 0 Å². The van der Waals surface area contributed by atoms with E-state index in [4.69, 9.17) is 4.99 Å². The van der Waals surface area contributed by atoms with E-state index in [1.807, 2.05) is 0 Å². The Bertz CT molecular complexity index is 3520. The second-order valence-electron chi connectivity index (χ2n) is 19.4. The molecule has 66 heavy (non-hydrogen) atoms. The number of nitrogens with zero attached hydrogens (tertiary/aromatic N) is 3. The van der Waals surface area contributed by atoms with Crippen LogP contribution in [-0.4, -0.2) is 16.9 Å². The lowest BCUT2D eigenvalue weighted by Crippen LogP contribution is -2.50. The summed E-state index contributed by atoms with van der Waals surface area (Å²) in [6, 6.07) is 52.7. The Balaban J connectivity index is 0.910. The lowest BCUT2D eigenvalue weighted by molar-refractivity contribution is 0.373. The molecule has 0 spiro atoms. The fourth-order valence-electron chi connectivity index (χ4n) is 13.0. The maximum atomic E-state index is 5.65. The van der Waals surface area contributed by atoms with Crippen molar-refractivity contribution in [2.75, 3.05) is 4.90 Å². The Morgan fingerprint density at radius 3 is 2.59 bits per heavy atom. The van der Waals surface area contributed by atoms with Gasteiger partial charge in [-0.05, 0) is 148 Å². The first kappa shape index (κ1) is 38.0. The second-order valence-corrected chi connectivity index (χ2v) is 19.4. The predicted molar refractivity (Wildman–Crippen MR) is 269 cm³/mol. The summed E-state index contributed by atoms with van der Waals surface area (Å²) < 4.78 is 0. The van der Waals surface area contributed by atoms with Gasteiger partial charge in [-0.3, -0.25) is 4.90 Å². The monoisotopic (exact) mass is 850 g/mol. The number of guanidine groups is 1. The number of benzene rings is 5. The number of hydrogen-bond acceptors (Lipinski definition) is 4. The van der Waals surface area contributed by atoms with Gasteiger partial charge in [0.2, 0.25) is 5.96 Å². The predicted octanol–water partition coefficient (Wildman–Crippen LogP) is 10.6. The summed E-state index contributed by atoms with van der Waals surface area (Å²) in [5, 5.41) is 11.5. The van der Waals surface area contributed by atoms with Crippen molar-refractivity contribution in [3.8, 4) is 0 Å². The second kappa shape index (κ2) is 15.1. The normalized spacial score (nSPS) is 24.2. The van der Waals surface area contributed by atoms with Crippen molar-refractivity contribution in [3.63, 3.8) is 0 Å². The largest absolute Gasteiger partial charge is 0.363 e. The molecule has 6 aromatic rings. The highest BCUT2D eigenvalue weighted by atomic mass is 15.5. The van der Waals surface area contributed by atoms with Gasteiger partial charge >= 0.3 is 0 Å². The highest BCUT2D eigenvalue weighted by Crippen LogP contribution is 2.54. The minimum absolute atomic E-state index is 0.0318. The van der Waals surface area contributed by atoms with E-state index < -0.39 is 0 Å². The molecule has 5 atom stereocenters. The zero-order valence-electron chi connectivity index (χ0n) is 37.1. The number of nitrogens with one attached hydrogen (secondary N) is 1. The SMILES string of the molecule is c1ccc2c(c#1)=C(c1ccc3ccccc3c1)C1=CC=C(C3CCCC4c5ccccc5N(C5=Nc6ccccc6C6NC7=C(C=CCC7)N56)C4C3)CC1C=2c1ccc2c(c1)=CC=CCC=2. The third-order valence-electron chi connectivity index (χ3n) is 16.0. The molecule has 318 valence electrons. The van der Waals surface area contributed by atoms with E-state index in [1.165, 1.54) is 102 Å². The molecule has 1 saturated carbocycles. The summed E-state index contributed by atoms with van der Waals surface area (Å²) in [6.45, 7) is 0. The number of rotatable bonds is 3. The maximum Gasteiger partial charge on any atom is 0.213 e. The minimum Gasteiger partial charge on any atom is -0.363 e. The fourth-order valence-corrected chi connectivity index (χ4v) is 13.0. The number of aliphatic imine (C=N–C) groups is 1. The Morgan fingerprint density at radius 2 is 1.62 bits per heavy atom. The van der Waals surface area contributed by atoms with Crippen LogP contribution in [-0.2, 0) is 0 Å².